The van der Waals surface area contributed by atoms with Crippen LogP contribution in [0.5, 0.6) is 0 Å². The van der Waals surface area contributed by atoms with E-state index < -0.39 is 0 Å². The van der Waals surface area contributed by atoms with Gasteiger partial charge in [-0.1, -0.05) is 6.58 Å². The zero-order valence-electron chi connectivity index (χ0n) is 7.06. The van der Waals surface area contributed by atoms with Gasteiger partial charge in [-0.15, -0.1) is 0 Å². The smallest absolute Gasteiger partial charge is 0.170 e. The van der Waals surface area contributed by atoms with Crippen LogP contribution in [-0.4, -0.2) is 6.54 Å². The molecule has 0 aromatic carbocycles. The number of halogens is 1. The Bertz CT molecular complexity index is 291. The van der Waals surface area contributed by atoms with Crippen LogP contribution in [0.2, 0.25) is 0 Å². The molecule has 1 aromatic heterocycles. The first-order valence-corrected chi connectivity index (χ1v) is 4.58. The minimum absolute atomic E-state index is 0.608. The second-order valence-corrected chi connectivity index (χ2v) is 3.49. The maximum Gasteiger partial charge on any atom is 0.170 e. The molecule has 0 spiro atoms. The summed E-state index contributed by atoms with van der Waals surface area (Å²) in [7, 11) is 0. The van der Waals surface area contributed by atoms with Gasteiger partial charge in [-0.25, -0.2) is 0 Å². The Kier molecular flexibility index (Phi) is 3.12. The van der Waals surface area contributed by atoms with Crippen LogP contribution in [0.1, 0.15) is 17.7 Å². The summed E-state index contributed by atoms with van der Waals surface area (Å²) in [4.78, 5) is 0. The molecular formula is C9H12BrNO. The van der Waals surface area contributed by atoms with Crippen molar-refractivity contribution >= 4 is 21.5 Å². The van der Waals surface area contributed by atoms with Crippen LogP contribution >= 0.6 is 15.9 Å². The molecule has 1 rings (SSSR count). The lowest BCUT2D eigenvalue weighted by Gasteiger charge is -2.00. The first-order valence-electron chi connectivity index (χ1n) is 3.79. The van der Waals surface area contributed by atoms with E-state index in [0.717, 1.165) is 28.0 Å². The van der Waals surface area contributed by atoms with Gasteiger partial charge < -0.3 is 10.2 Å². The van der Waals surface area contributed by atoms with E-state index in [2.05, 4.69) is 22.5 Å². The Morgan fingerprint density at radius 2 is 2.42 bits per heavy atom. The SMILES string of the molecule is C=C(CCN)c1oc(Br)cc1C. The van der Waals surface area contributed by atoms with Crippen molar-refractivity contribution in [2.75, 3.05) is 6.54 Å². The molecule has 2 N–H and O–H groups in total. The molecular weight excluding hydrogens is 218 g/mol. The normalized spacial score (nSPS) is 10.2. The Labute approximate surface area is 80.6 Å². The fraction of sp³-hybridized carbons (Fsp3) is 0.333. The summed E-state index contributed by atoms with van der Waals surface area (Å²) in [6.07, 6.45) is 0.779. The number of nitrogens with two attached hydrogens (primary N) is 1. The van der Waals surface area contributed by atoms with Crippen LogP contribution in [0.4, 0.5) is 0 Å². The molecule has 66 valence electrons. The maximum atomic E-state index is 5.41. The van der Waals surface area contributed by atoms with E-state index in [1.165, 1.54) is 0 Å². The highest BCUT2D eigenvalue weighted by Crippen LogP contribution is 2.26. The predicted molar refractivity (Wildman–Crippen MR) is 53.9 cm³/mol. The molecule has 2 nitrogen and oxygen atoms in total. The Hall–Kier alpha value is -0.540. The van der Waals surface area contributed by atoms with Crippen molar-refractivity contribution in [2.24, 2.45) is 5.73 Å². The molecule has 0 amide bonds. The fourth-order valence-corrected chi connectivity index (χ4v) is 1.59. The van der Waals surface area contributed by atoms with Crippen molar-refractivity contribution in [1.82, 2.24) is 0 Å². The Morgan fingerprint density at radius 3 is 2.83 bits per heavy atom. The Morgan fingerprint density at radius 1 is 1.75 bits per heavy atom. The van der Waals surface area contributed by atoms with Gasteiger partial charge in [-0.05, 0) is 53.0 Å². The molecule has 0 saturated heterocycles. The summed E-state index contributed by atoms with van der Waals surface area (Å²) in [5, 5.41) is 0. The standard InChI is InChI=1S/C9H12BrNO/c1-6(3-4-11)9-7(2)5-8(10)12-9/h5H,1,3-4,11H2,2H3. The van der Waals surface area contributed by atoms with Crippen LogP contribution in [0.3, 0.4) is 0 Å². The lowest BCUT2D eigenvalue weighted by Crippen LogP contribution is -1.99. The second kappa shape index (κ2) is 3.92. The first-order chi connectivity index (χ1) is 5.65. The molecule has 0 saturated carbocycles. The van der Waals surface area contributed by atoms with Gasteiger partial charge in [0.1, 0.15) is 5.76 Å². The number of aryl methyl sites for hydroxylation is 1. The average molecular weight is 230 g/mol. The van der Waals surface area contributed by atoms with E-state index in [4.69, 9.17) is 10.2 Å². The summed E-state index contributed by atoms with van der Waals surface area (Å²) in [6, 6.07) is 1.93. The van der Waals surface area contributed by atoms with Crippen molar-refractivity contribution in [3.8, 4) is 0 Å². The molecule has 0 bridgehead atoms. The molecule has 3 heteroatoms. The highest BCUT2D eigenvalue weighted by atomic mass is 79.9. The topological polar surface area (TPSA) is 39.2 Å². The van der Waals surface area contributed by atoms with Crippen LogP contribution in [0.15, 0.2) is 21.7 Å². The molecule has 0 unspecified atom stereocenters. The van der Waals surface area contributed by atoms with E-state index in [0.29, 0.717) is 6.54 Å². The van der Waals surface area contributed by atoms with E-state index in [1.807, 2.05) is 13.0 Å². The maximum absolute atomic E-state index is 5.41. The van der Waals surface area contributed by atoms with Crippen molar-refractivity contribution in [3.05, 3.63) is 28.6 Å². The molecule has 0 radical (unpaired) electrons. The monoisotopic (exact) mass is 229 g/mol. The van der Waals surface area contributed by atoms with Gasteiger partial charge in [0.2, 0.25) is 0 Å². The van der Waals surface area contributed by atoms with Crippen LogP contribution in [0, 0.1) is 6.92 Å². The highest BCUT2D eigenvalue weighted by Gasteiger charge is 2.08. The van der Waals surface area contributed by atoms with Crippen LogP contribution in [-0.2, 0) is 0 Å². The lowest BCUT2D eigenvalue weighted by atomic mass is 10.1. The first kappa shape index (κ1) is 9.55. The predicted octanol–water partition coefficient (Wildman–Crippen LogP) is 2.71. The Balaban J connectivity index is 2.87. The van der Waals surface area contributed by atoms with Gasteiger partial charge in [0.05, 0.1) is 0 Å². The van der Waals surface area contributed by atoms with Crippen LogP contribution < -0.4 is 5.73 Å². The van der Waals surface area contributed by atoms with Gasteiger partial charge >= 0.3 is 0 Å². The molecule has 0 aliphatic carbocycles. The minimum Gasteiger partial charge on any atom is -0.449 e. The van der Waals surface area contributed by atoms with Crippen molar-refractivity contribution in [1.29, 1.82) is 0 Å². The number of rotatable bonds is 3. The van der Waals surface area contributed by atoms with E-state index >= 15 is 0 Å². The largest absolute Gasteiger partial charge is 0.449 e. The summed E-state index contributed by atoms with van der Waals surface area (Å²) in [5.74, 6) is 0.854. The van der Waals surface area contributed by atoms with E-state index in [9.17, 15) is 0 Å². The molecule has 1 heterocycles. The number of furan rings is 1. The molecule has 1 aromatic rings. The zero-order valence-corrected chi connectivity index (χ0v) is 8.65. The van der Waals surface area contributed by atoms with Crippen molar-refractivity contribution < 1.29 is 4.42 Å². The summed E-state index contributed by atoms with van der Waals surface area (Å²) in [5.41, 5.74) is 7.47. The zero-order chi connectivity index (χ0) is 9.14. The van der Waals surface area contributed by atoms with Crippen LogP contribution in [0.25, 0.3) is 5.57 Å². The molecule has 0 atom stereocenters. The quantitative estimate of drug-likeness (QED) is 0.866. The second-order valence-electron chi connectivity index (χ2n) is 2.70. The highest BCUT2D eigenvalue weighted by molar-refractivity contribution is 9.10. The third-order valence-electron chi connectivity index (χ3n) is 1.65. The molecule has 0 aliphatic heterocycles. The third kappa shape index (κ3) is 1.99. The van der Waals surface area contributed by atoms with Gasteiger partial charge in [0, 0.05) is 0 Å². The summed E-state index contributed by atoms with van der Waals surface area (Å²) in [6.45, 7) is 6.49. The van der Waals surface area contributed by atoms with Gasteiger partial charge in [-0.3, -0.25) is 0 Å². The molecule has 12 heavy (non-hydrogen) atoms. The summed E-state index contributed by atoms with van der Waals surface area (Å²) >= 11 is 3.26. The lowest BCUT2D eigenvalue weighted by molar-refractivity contribution is 0.524. The third-order valence-corrected chi connectivity index (χ3v) is 2.05. The minimum atomic E-state index is 0.608. The van der Waals surface area contributed by atoms with Crippen molar-refractivity contribution in [2.45, 2.75) is 13.3 Å². The van der Waals surface area contributed by atoms with E-state index in [-0.39, 0.29) is 0 Å². The van der Waals surface area contributed by atoms with Gasteiger partial charge in [0.15, 0.2) is 4.67 Å². The van der Waals surface area contributed by atoms with E-state index in [1.54, 1.807) is 0 Å². The van der Waals surface area contributed by atoms with Gasteiger partial charge in [0.25, 0.3) is 0 Å². The molecule has 0 fully saturated rings. The van der Waals surface area contributed by atoms with Gasteiger partial charge in [-0.2, -0.15) is 0 Å². The number of hydrogen-bond donors (Lipinski definition) is 1. The number of hydrogen-bond acceptors (Lipinski definition) is 2. The molecule has 0 aliphatic rings. The average Bonchev–Trinajstić information content (AvgIpc) is 2.30. The fourth-order valence-electron chi connectivity index (χ4n) is 1.08. The van der Waals surface area contributed by atoms with Crippen molar-refractivity contribution in [3.63, 3.8) is 0 Å². The summed E-state index contributed by atoms with van der Waals surface area (Å²) < 4.78 is 6.13.